The van der Waals surface area contributed by atoms with Gasteiger partial charge in [0, 0.05) is 12.0 Å². The third kappa shape index (κ3) is 4.38. The zero-order valence-electron chi connectivity index (χ0n) is 20.1. The smallest absolute Gasteiger partial charge is 0.278 e. The average Bonchev–Trinajstić information content (AvgIpc) is 3.15. The molecule has 1 aliphatic heterocycles. The van der Waals surface area contributed by atoms with Crippen molar-refractivity contribution in [2.75, 3.05) is 11.9 Å². The molecule has 1 amide bonds. The van der Waals surface area contributed by atoms with Gasteiger partial charge in [0.25, 0.3) is 5.56 Å². The summed E-state index contributed by atoms with van der Waals surface area (Å²) >= 11 is 6.23. The summed E-state index contributed by atoms with van der Waals surface area (Å²) in [6, 6.07) is 20.4. The molecular formula is C28H26ClN3O4. The van der Waals surface area contributed by atoms with Gasteiger partial charge in [0.15, 0.2) is 11.5 Å². The predicted molar refractivity (Wildman–Crippen MR) is 140 cm³/mol. The molecule has 0 bridgehead atoms. The standard InChI is InChI=1S/C28H26ClN3O4/c1-3-18-12-14-20(15-13-18)32-27(34)21-16-19-8-7-11-24(35-4-2)26(19)36-28(21)31(32)17-25(33)30-23-10-6-5-9-22(23)29/h5-15H,3-4,16-17H2,1-2H3,(H,30,33). The minimum atomic E-state index is -0.340. The number of benzene rings is 3. The summed E-state index contributed by atoms with van der Waals surface area (Å²) in [7, 11) is 0. The molecule has 0 fully saturated rings. The molecule has 1 N–H and O–H groups in total. The van der Waals surface area contributed by atoms with Gasteiger partial charge in [0.05, 0.1) is 28.6 Å². The summed E-state index contributed by atoms with van der Waals surface area (Å²) in [5, 5.41) is 3.27. The molecule has 0 unspecified atom stereocenters. The Morgan fingerprint density at radius 3 is 2.56 bits per heavy atom. The number of amides is 1. The molecule has 0 aliphatic carbocycles. The molecule has 184 valence electrons. The number of hydrogen-bond acceptors (Lipinski definition) is 4. The molecule has 0 spiro atoms. The number of carbonyl (C=O) groups is 1. The summed E-state index contributed by atoms with van der Waals surface area (Å²) in [6.07, 6.45) is 1.25. The molecule has 0 atom stereocenters. The Hall–Kier alpha value is -3.97. The molecule has 0 radical (unpaired) electrons. The normalized spacial score (nSPS) is 11.9. The van der Waals surface area contributed by atoms with Crippen molar-refractivity contribution in [3.05, 3.63) is 98.8 Å². The number of hydrogen-bond donors (Lipinski definition) is 1. The number of halogens is 1. The van der Waals surface area contributed by atoms with Crippen LogP contribution in [0.5, 0.6) is 17.4 Å². The quantitative estimate of drug-likeness (QED) is 0.314. The van der Waals surface area contributed by atoms with Crippen LogP contribution in [-0.2, 0) is 24.2 Å². The number of anilines is 1. The first-order chi connectivity index (χ1) is 17.5. The maximum absolute atomic E-state index is 13.7. The molecule has 1 aromatic heterocycles. The van der Waals surface area contributed by atoms with E-state index in [4.69, 9.17) is 21.1 Å². The van der Waals surface area contributed by atoms with Gasteiger partial charge in [-0.3, -0.25) is 9.59 Å². The van der Waals surface area contributed by atoms with E-state index < -0.39 is 0 Å². The van der Waals surface area contributed by atoms with Gasteiger partial charge in [-0.1, -0.05) is 54.9 Å². The molecule has 36 heavy (non-hydrogen) atoms. The summed E-state index contributed by atoms with van der Waals surface area (Å²) in [5.41, 5.74) is 3.41. The molecule has 0 saturated heterocycles. The number of fused-ring (bicyclic) bond motifs is 2. The fraction of sp³-hybridized carbons (Fsp3) is 0.214. The van der Waals surface area contributed by atoms with E-state index in [2.05, 4.69) is 12.2 Å². The van der Waals surface area contributed by atoms with Crippen molar-refractivity contribution >= 4 is 23.2 Å². The van der Waals surface area contributed by atoms with Gasteiger partial charge in [0.1, 0.15) is 6.54 Å². The second-order valence-electron chi connectivity index (χ2n) is 8.46. The number of aryl methyl sites for hydroxylation is 1. The lowest BCUT2D eigenvalue weighted by atomic mass is 10.0. The number of nitrogens with one attached hydrogen (secondary N) is 1. The second-order valence-corrected chi connectivity index (χ2v) is 8.87. The highest BCUT2D eigenvalue weighted by Crippen LogP contribution is 2.42. The van der Waals surface area contributed by atoms with Gasteiger partial charge in [-0.25, -0.2) is 9.36 Å². The van der Waals surface area contributed by atoms with Crippen LogP contribution in [-0.4, -0.2) is 21.9 Å². The molecule has 0 saturated carbocycles. The average molecular weight is 504 g/mol. The molecule has 5 rings (SSSR count). The lowest BCUT2D eigenvalue weighted by molar-refractivity contribution is -0.117. The summed E-state index contributed by atoms with van der Waals surface area (Å²) < 4.78 is 15.2. The number of para-hydroxylation sites is 2. The van der Waals surface area contributed by atoms with E-state index in [1.54, 1.807) is 28.9 Å². The van der Waals surface area contributed by atoms with Crippen molar-refractivity contribution in [1.29, 1.82) is 0 Å². The number of aromatic nitrogens is 2. The Bertz CT molecular complexity index is 1490. The molecule has 7 nitrogen and oxygen atoms in total. The molecule has 4 aromatic rings. The minimum Gasteiger partial charge on any atom is -0.490 e. The monoisotopic (exact) mass is 503 g/mol. The summed E-state index contributed by atoms with van der Waals surface area (Å²) in [5.74, 6) is 1.15. The third-order valence-corrected chi connectivity index (χ3v) is 6.47. The number of nitrogens with zero attached hydrogens (tertiary/aromatic N) is 2. The van der Waals surface area contributed by atoms with Crippen LogP contribution >= 0.6 is 11.6 Å². The third-order valence-electron chi connectivity index (χ3n) is 6.14. The van der Waals surface area contributed by atoms with Crippen LogP contribution in [0.1, 0.15) is 30.5 Å². The van der Waals surface area contributed by atoms with Crippen LogP contribution in [0.25, 0.3) is 5.69 Å². The Kier molecular flexibility index (Phi) is 6.57. The predicted octanol–water partition coefficient (Wildman–Crippen LogP) is 5.59. The fourth-order valence-electron chi connectivity index (χ4n) is 4.37. The van der Waals surface area contributed by atoms with Gasteiger partial charge in [-0.2, -0.15) is 0 Å². The zero-order chi connectivity index (χ0) is 25.2. The van der Waals surface area contributed by atoms with E-state index >= 15 is 0 Å². The first-order valence-electron chi connectivity index (χ1n) is 11.9. The van der Waals surface area contributed by atoms with Gasteiger partial charge in [0.2, 0.25) is 11.8 Å². The zero-order valence-corrected chi connectivity index (χ0v) is 20.8. The summed E-state index contributed by atoms with van der Waals surface area (Å²) in [6.45, 7) is 4.30. The first-order valence-corrected chi connectivity index (χ1v) is 12.3. The van der Waals surface area contributed by atoms with Crippen molar-refractivity contribution < 1.29 is 14.3 Å². The van der Waals surface area contributed by atoms with Crippen molar-refractivity contribution in [2.24, 2.45) is 0 Å². The van der Waals surface area contributed by atoms with Crippen LogP contribution in [0.2, 0.25) is 5.02 Å². The number of rotatable bonds is 7. The Labute approximate surface area is 213 Å². The largest absolute Gasteiger partial charge is 0.490 e. The van der Waals surface area contributed by atoms with Crippen LogP contribution in [0.4, 0.5) is 5.69 Å². The second kappa shape index (κ2) is 9.95. The SMILES string of the molecule is CCOc1cccc2c1Oc1c(c(=O)n(-c3ccc(CC)cc3)n1CC(=O)Nc1ccccc1Cl)C2. The van der Waals surface area contributed by atoms with Crippen molar-refractivity contribution in [3.63, 3.8) is 0 Å². The van der Waals surface area contributed by atoms with Gasteiger partial charge < -0.3 is 14.8 Å². The topological polar surface area (TPSA) is 74.5 Å². The highest BCUT2D eigenvalue weighted by atomic mass is 35.5. The van der Waals surface area contributed by atoms with E-state index in [0.29, 0.717) is 52.4 Å². The number of ether oxygens (including phenoxy) is 2. The van der Waals surface area contributed by atoms with Crippen molar-refractivity contribution in [3.8, 4) is 23.1 Å². The summed E-state index contributed by atoms with van der Waals surface area (Å²) in [4.78, 5) is 26.8. The lowest BCUT2D eigenvalue weighted by Crippen LogP contribution is -2.27. The van der Waals surface area contributed by atoms with E-state index in [1.807, 2.05) is 49.4 Å². The maximum atomic E-state index is 13.7. The Morgan fingerprint density at radius 2 is 1.83 bits per heavy atom. The Balaban J connectivity index is 1.60. The first kappa shape index (κ1) is 23.8. The van der Waals surface area contributed by atoms with Crippen LogP contribution < -0.4 is 20.3 Å². The fourth-order valence-corrected chi connectivity index (χ4v) is 4.56. The van der Waals surface area contributed by atoms with Crippen molar-refractivity contribution in [1.82, 2.24) is 9.36 Å². The maximum Gasteiger partial charge on any atom is 0.278 e. The highest BCUT2D eigenvalue weighted by molar-refractivity contribution is 6.33. The molecule has 3 aromatic carbocycles. The van der Waals surface area contributed by atoms with Crippen LogP contribution in [0, 0.1) is 0 Å². The van der Waals surface area contributed by atoms with Gasteiger partial charge >= 0.3 is 0 Å². The Morgan fingerprint density at radius 1 is 1.06 bits per heavy atom. The minimum absolute atomic E-state index is 0.155. The lowest BCUT2D eigenvalue weighted by Gasteiger charge is -2.21. The van der Waals surface area contributed by atoms with Crippen LogP contribution in [0.15, 0.2) is 71.5 Å². The number of carbonyl (C=O) groups excluding carboxylic acids is 1. The van der Waals surface area contributed by atoms with Gasteiger partial charge in [-0.05, 0) is 49.2 Å². The molecular weight excluding hydrogens is 478 g/mol. The van der Waals surface area contributed by atoms with E-state index in [-0.39, 0.29) is 18.0 Å². The molecule has 8 heteroatoms. The van der Waals surface area contributed by atoms with Crippen molar-refractivity contribution in [2.45, 2.75) is 33.2 Å². The van der Waals surface area contributed by atoms with Crippen LogP contribution in [0.3, 0.4) is 0 Å². The molecule has 1 aliphatic rings. The van der Waals surface area contributed by atoms with E-state index in [0.717, 1.165) is 17.5 Å². The highest BCUT2D eigenvalue weighted by Gasteiger charge is 2.31. The van der Waals surface area contributed by atoms with E-state index in [1.165, 1.54) is 4.68 Å². The van der Waals surface area contributed by atoms with Gasteiger partial charge in [-0.15, -0.1) is 0 Å². The van der Waals surface area contributed by atoms with E-state index in [9.17, 15) is 9.59 Å². The molecule has 2 heterocycles.